The number of fused-ring (bicyclic) bond motifs is 1. The fraction of sp³-hybridized carbons (Fsp3) is 0.533. The molecule has 0 N–H and O–H groups in total. The summed E-state index contributed by atoms with van der Waals surface area (Å²) in [4.78, 5) is 4.79. The molecule has 2 aromatic rings. The van der Waals surface area contributed by atoms with Crippen molar-refractivity contribution in [3.05, 3.63) is 24.0 Å². The van der Waals surface area contributed by atoms with Crippen LogP contribution in [0.5, 0.6) is 0 Å². The second-order valence-corrected chi connectivity index (χ2v) is 8.48. The lowest BCUT2D eigenvalue weighted by atomic mass is 10.1. The van der Waals surface area contributed by atoms with E-state index in [1.165, 1.54) is 6.26 Å². The quantitative estimate of drug-likeness (QED) is 0.798. The van der Waals surface area contributed by atoms with Gasteiger partial charge in [-0.25, -0.2) is 13.4 Å². The first-order chi connectivity index (χ1) is 9.64. The van der Waals surface area contributed by atoms with E-state index in [1.807, 2.05) is 13.0 Å². The third kappa shape index (κ3) is 2.94. The van der Waals surface area contributed by atoms with E-state index < -0.39 is 9.84 Å². The molecule has 1 heterocycles. The van der Waals surface area contributed by atoms with Crippen molar-refractivity contribution in [3.63, 3.8) is 0 Å². The number of hydrogen-bond acceptors (Lipinski definition) is 3. The second-order valence-electron chi connectivity index (χ2n) is 5.84. The van der Waals surface area contributed by atoms with E-state index in [0.29, 0.717) is 17.3 Å². The first-order valence-electron chi connectivity index (χ1n) is 6.99. The van der Waals surface area contributed by atoms with Gasteiger partial charge in [0.2, 0.25) is 0 Å². The number of halogens is 1. The van der Waals surface area contributed by atoms with Crippen LogP contribution in [0, 0.1) is 5.92 Å². The molecular weight excluding hydrogens is 308 g/mol. The maximum absolute atomic E-state index is 12.0. The lowest BCUT2D eigenvalue weighted by Gasteiger charge is -2.22. The standard InChI is InChI=1S/C15H21ClN2O2S/c1-9(2)11(4)18-12-7-6-8-13(21(5,19)20)14(12)17-15(18)10(3)16/h6-11H,1-5H3. The smallest absolute Gasteiger partial charge is 0.177 e. The molecule has 0 aliphatic rings. The molecule has 0 saturated heterocycles. The first-order valence-corrected chi connectivity index (χ1v) is 9.32. The van der Waals surface area contributed by atoms with E-state index in [-0.39, 0.29) is 16.3 Å². The Labute approximate surface area is 131 Å². The maximum Gasteiger partial charge on any atom is 0.177 e. The van der Waals surface area contributed by atoms with Gasteiger partial charge in [0.15, 0.2) is 9.84 Å². The van der Waals surface area contributed by atoms with Gasteiger partial charge in [0.05, 0.1) is 15.8 Å². The number of hydrogen-bond donors (Lipinski definition) is 0. The van der Waals surface area contributed by atoms with Crippen LogP contribution in [0.3, 0.4) is 0 Å². The molecule has 21 heavy (non-hydrogen) atoms. The molecular formula is C15H21ClN2O2S. The van der Waals surface area contributed by atoms with E-state index >= 15 is 0 Å². The Morgan fingerprint density at radius 2 is 1.81 bits per heavy atom. The highest BCUT2D eigenvalue weighted by molar-refractivity contribution is 7.91. The number of rotatable bonds is 4. The average molecular weight is 329 g/mol. The van der Waals surface area contributed by atoms with Crippen molar-refractivity contribution in [3.8, 4) is 0 Å². The predicted octanol–water partition coefficient (Wildman–Crippen LogP) is 3.96. The van der Waals surface area contributed by atoms with Crippen LogP contribution < -0.4 is 0 Å². The average Bonchev–Trinajstić information content (AvgIpc) is 2.75. The van der Waals surface area contributed by atoms with Gasteiger partial charge in [-0.3, -0.25) is 0 Å². The van der Waals surface area contributed by atoms with Gasteiger partial charge in [-0.15, -0.1) is 11.6 Å². The van der Waals surface area contributed by atoms with E-state index in [1.54, 1.807) is 12.1 Å². The summed E-state index contributed by atoms with van der Waals surface area (Å²) in [5, 5.41) is -0.286. The third-order valence-corrected chi connectivity index (χ3v) is 5.16. The number of benzene rings is 1. The molecule has 0 bridgehead atoms. The Bertz CT molecular complexity index is 763. The minimum absolute atomic E-state index is 0.181. The molecule has 0 aliphatic heterocycles. The molecule has 0 spiro atoms. The number of aromatic nitrogens is 2. The van der Waals surface area contributed by atoms with Crippen molar-refractivity contribution in [2.45, 2.75) is 44.0 Å². The molecule has 6 heteroatoms. The molecule has 2 rings (SSSR count). The molecule has 0 aliphatic carbocycles. The molecule has 0 radical (unpaired) electrons. The summed E-state index contributed by atoms with van der Waals surface area (Å²) in [5.41, 5.74) is 1.33. The molecule has 1 aromatic heterocycles. The van der Waals surface area contributed by atoms with Gasteiger partial charge >= 0.3 is 0 Å². The van der Waals surface area contributed by atoms with Crippen molar-refractivity contribution >= 4 is 32.5 Å². The fourth-order valence-electron chi connectivity index (χ4n) is 2.42. The highest BCUT2D eigenvalue weighted by atomic mass is 35.5. The monoisotopic (exact) mass is 328 g/mol. The molecule has 0 saturated carbocycles. The zero-order valence-corrected chi connectivity index (χ0v) is 14.5. The lowest BCUT2D eigenvalue weighted by molar-refractivity contribution is 0.405. The Morgan fingerprint density at radius 3 is 2.29 bits per heavy atom. The summed E-state index contributed by atoms with van der Waals surface area (Å²) >= 11 is 6.26. The summed E-state index contributed by atoms with van der Waals surface area (Å²) in [5.74, 6) is 1.10. The minimum atomic E-state index is -3.32. The van der Waals surface area contributed by atoms with Crippen LogP contribution in [0.2, 0.25) is 0 Å². The summed E-state index contributed by atoms with van der Waals surface area (Å²) in [6.07, 6.45) is 1.20. The van der Waals surface area contributed by atoms with Gasteiger partial charge in [0.1, 0.15) is 11.3 Å². The van der Waals surface area contributed by atoms with Gasteiger partial charge in [-0.1, -0.05) is 19.9 Å². The Morgan fingerprint density at radius 1 is 1.19 bits per heavy atom. The number of para-hydroxylation sites is 1. The van der Waals surface area contributed by atoms with Crippen molar-refractivity contribution in [2.24, 2.45) is 5.92 Å². The van der Waals surface area contributed by atoms with E-state index in [9.17, 15) is 8.42 Å². The van der Waals surface area contributed by atoms with Gasteiger partial charge < -0.3 is 4.57 Å². The number of alkyl halides is 1. The van der Waals surface area contributed by atoms with Crippen molar-refractivity contribution < 1.29 is 8.42 Å². The zero-order chi connectivity index (χ0) is 15.9. The lowest BCUT2D eigenvalue weighted by Crippen LogP contribution is -2.14. The number of imidazole rings is 1. The summed E-state index contributed by atoms with van der Waals surface area (Å²) in [6.45, 7) is 8.20. The van der Waals surface area contributed by atoms with Crippen LogP contribution in [-0.4, -0.2) is 24.2 Å². The van der Waals surface area contributed by atoms with Crippen LogP contribution in [-0.2, 0) is 9.84 Å². The third-order valence-electron chi connectivity index (χ3n) is 3.84. The maximum atomic E-state index is 12.0. The zero-order valence-electron chi connectivity index (χ0n) is 13.0. The Kier molecular flexibility index (Phi) is 4.36. The second kappa shape index (κ2) is 5.61. The van der Waals surface area contributed by atoms with Crippen molar-refractivity contribution in [2.75, 3.05) is 6.26 Å². The summed E-state index contributed by atoms with van der Waals surface area (Å²) in [6, 6.07) is 5.43. The minimum Gasteiger partial charge on any atom is -0.324 e. The topological polar surface area (TPSA) is 52.0 Å². The molecule has 0 fully saturated rings. The summed E-state index contributed by atoms with van der Waals surface area (Å²) < 4.78 is 26.0. The normalized spacial score (nSPS) is 15.6. The fourth-order valence-corrected chi connectivity index (χ4v) is 3.40. The van der Waals surface area contributed by atoms with Gasteiger partial charge in [0.25, 0.3) is 0 Å². The summed E-state index contributed by atoms with van der Waals surface area (Å²) in [7, 11) is -3.32. The van der Waals surface area contributed by atoms with Crippen LogP contribution in [0.15, 0.2) is 23.1 Å². The molecule has 2 atom stereocenters. The Hall–Kier alpha value is -1.07. The first kappa shape index (κ1) is 16.3. The largest absolute Gasteiger partial charge is 0.324 e. The van der Waals surface area contributed by atoms with Gasteiger partial charge in [-0.2, -0.15) is 0 Å². The molecule has 2 unspecified atom stereocenters. The molecule has 0 amide bonds. The van der Waals surface area contributed by atoms with Crippen LogP contribution >= 0.6 is 11.6 Å². The van der Waals surface area contributed by atoms with Crippen LogP contribution in [0.25, 0.3) is 11.0 Å². The molecule has 1 aromatic carbocycles. The Balaban J connectivity index is 2.87. The van der Waals surface area contributed by atoms with E-state index in [0.717, 1.165) is 5.52 Å². The van der Waals surface area contributed by atoms with E-state index in [4.69, 9.17) is 11.6 Å². The van der Waals surface area contributed by atoms with Crippen molar-refractivity contribution in [1.82, 2.24) is 9.55 Å². The highest BCUT2D eigenvalue weighted by Crippen LogP contribution is 2.33. The SMILES string of the molecule is CC(Cl)c1nc2c(S(C)(=O)=O)cccc2n1C(C)C(C)C. The van der Waals surface area contributed by atoms with Crippen LogP contribution in [0.1, 0.15) is 44.9 Å². The highest BCUT2D eigenvalue weighted by Gasteiger charge is 2.24. The van der Waals surface area contributed by atoms with Crippen molar-refractivity contribution in [1.29, 1.82) is 0 Å². The number of sulfone groups is 1. The van der Waals surface area contributed by atoms with Gasteiger partial charge in [0, 0.05) is 12.3 Å². The predicted molar refractivity (Wildman–Crippen MR) is 86.7 cm³/mol. The number of nitrogens with zero attached hydrogens (tertiary/aromatic N) is 2. The molecule has 4 nitrogen and oxygen atoms in total. The van der Waals surface area contributed by atoms with Crippen LogP contribution in [0.4, 0.5) is 0 Å². The van der Waals surface area contributed by atoms with E-state index in [2.05, 4.69) is 30.3 Å². The van der Waals surface area contributed by atoms with Gasteiger partial charge in [-0.05, 0) is 31.9 Å². The molecule has 116 valence electrons.